The summed E-state index contributed by atoms with van der Waals surface area (Å²) in [7, 11) is 0. The number of aryl methyl sites for hydroxylation is 2. The monoisotopic (exact) mass is 615 g/mol. The maximum atomic E-state index is 14.8. The smallest absolute Gasteiger partial charge is 0.408 e. The predicted octanol–water partition coefficient (Wildman–Crippen LogP) is 7.48. The van der Waals surface area contributed by atoms with Crippen molar-refractivity contribution in [1.82, 2.24) is 10.2 Å². The Bertz CT molecular complexity index is 1430. The van der Waals surface area contributed by atoms with Crippen LogP contribution in [-0.2, 0) is 20.7 Å². The van der Waals surface area contributed by atoms with E-state index in [9.17, 15) is 19.5 Å². The lowest BCUT2D eigenvalue weighted by Gasteiger charge is -2.39. The molecule has 0 heterocycles. The van der Waals surface area contributed by atoms with Gasteiger partial charge in [0.1, 0.15) is 23.4 Å². The fraction of sp³-hybridized carbons (Fsp3) is 0.432. The Morgan fingerprint density at radius 1 is 0.844 bits per heavy atom. The Kier molecular flexibility index (Phi) is 12.2. The third kappa shape index (κ3) is 10.1. The normalized spacial score (nSPS) is 13.4. The van der Waals surface area contributed by atoms with Gasteiger partial charge >= 0.3 is 6.09 Å². The third-order valence-corrected chi connectivity index (χ3v) is 7.65. The minimum Gasteiger partial charge on any atom is -0.508 e. The highest BCUT2D eigenvalue weighted by atomic mass is 16.6. The predicted molar refractivity (Wildman–Crippen MR) is 179 cm³/mol. The number of ether oxygens (including phenoxy) is 1. The van der Waals surface area contributed by atoms with Crippen molar-refractivity contribution in [2.24, 2.45) is 5.92 Å². The summed E-state index contributed by atoms with van der Waals surface area (Å²) in [5, 5.41) is 16.9. The molecule has 3 N–H and O–H groups in total. The molecule has 3 rings (SSSR count). The standard InChI is InChI=1S/C37H49N3O5/c1-24(2)21-22-27(5)40(35(43)30(23-28-17-10-9-11-18-28)38-36(44)45-37(6,7)8)33(29-19-12-13-20-31(29)41)34(42)39-32-25(3)15-14-16-26(32)4/h9-20,24,27,30,33,41H,21-23H2,1-8H3,(H,38,44)(H,39,42). The lowest BCUT2D eigenvalue weighted by molar-refractivity contribution is -0.143. The van der Waals surface area contributed by atoms with E-state index in [1.54, 1.807) is 39.0 Å². The number of hydrogen-bond donors (Lipinski definition) is 3. The van der Waals surface area contributed by atoms with Crippen molar-refractivity contribution in [3.63, 3.8) is 0 Å². The number of phenolic OH excluding ortho intramolecular Hbond substituents is 1. The third-order valence-electron chi connectivity index (χ3n) is 7.65. The number of anilines is 1. The van der Waals surface area contributed by atoms with Gasteiger partial charge in [0.05, 0.1) is 0 Å². The fourth-order valence-electron chi connectivity index (χ4n) is 5.33. The van der Waals surface area contributed by atoms with Gasteiger partial charge in [-0.3, -0.25) is 9.59 Å². The molecule has 8 heteroatoms. The average molecular weight is 616 g/mol. The Morgan fingerprint density at radius 2 is 1.44 bits per heavy atom. The van der Waals surface area contributed by atoms with Gasteiger partial charge < -0.3 is 25.4 Å². The molecule has 242 valence electrons. The van der Waals surface area contributed by atoms with Crippen LogP contribution in [0.25, 0.3) is 0 Å². The number of para-hydroxylation sites is 2. The summed E-state index contributed by atoms with van der Waals surface area (Å²) in [6, 6.07) is 19.0. The highest BCUT2D eigenvalue weighted by Gasteiger charge is 2.40. The van der Waals surface area contributed by atoms with Gasteiger partial charge in [-0.2, -0.15) is 0 Å². The van der Waals surface area contributed by atoms with Crippen molar-refractivity contribution in [2.45, 2.75) is 98.4 Å². The van der Waals surface area contributed by atoms with Crippen molar-refractivity contribution in [3.8, 4) is 5.75 Å². The second-order valence-electron chi connectivity index (χ2n) is 13.2. The molecule has 3 aromatic rings. The van der Waals surface area contributed by atoms with E-state index >= 15 is 0 Å². The van der Waals surface area contributed by atoms with Gasteiger partial charge in [-0.05, 0) is 83.1 Å². The number of nitrogens with zero attached hydrogens (tertiary/aromatic N) is 1. The number of hydrogen-bond acceptors (Lipinski definition) is 5. The number of aromatic hydroxyl groups is 1. The Balaban J connectivity index is 2.17. The van der Waals surface area contributed by atoms with Crippen LogP contribution in [-0.4, -0.2) is 45.6 Å². The van der Waals surface area contributed by atoms with Crippen molar-refractivity contribution in [3.05, 3.63) is 95.1 Å². The van der Waals surface area contributed by atoms with Crippen molar-refractivity contribution >= 4 is 23.6 Å². The van der Waals surface area contributed by atoms with Gasteiger partial charge in [0.25, 0.3) is 5.91 Å². The zero-order valence-corrected chi connectivity index (χ0v) is 27.9. The molecule has 3 aromatic carbocycles. The molecule has 3 amide bonds. The number of rotatable bonds is 12. The highest BCUT2D eigenvalue weighted by molar-refractivity contribution is 6.00. The first-order chi connectivity index (χ1) is 21.2. The Labute approximate surface area is 268 Å². The van der Waals surface area contributed by atoms with Crippen LogP contribution in [0.5, 0.6) is 5.75 Å². The van der Waals surface area contributed by atoms with E-state index in [4.69, 9.17) is 4.74 Å². The van der Waals surface area contributed by atoms with Crippen LogP contribution >= 0.6 is 0 Å². The van der Waals surface area contributed by atoms with Crippen LogP contribution in [0.4, 0.5) is 10.5 Å². The van der Waals surface area contributed by atoms with Gasteiger partial charge in [0.15, 0.2) is 0 Å². The Morgan fingerprint density at radius 3 is 2.02 bits per heavy atom. The molecule has 0 radical (unpaired) electrons. The van der Waals surface area contributed by atoms with Gasteiger partial charge in [0.2, 0.25) is 5.91 Å². The van der Waals surface area contributed by atoms with Crippen LogP contribution in [0, 0.1) is 19.8 Å². The molecule has 0 fully saturated rings. The second kappa shape index (κ2) is 15.6. The van der Waals surface area contributed by atoms with Crippen LogP contribution in [0.1, 0.15) is 82.7 Å². The molecule has 0 aliphatic rings. The Hall–Kier alpha value is -4.33. The van der Waals surface area contributed by atoms with E-state index in [1.165, 1.54) is 11.0 Å². The lowest BCUT2D eigenvalue weighted by Crippen LogP contribution is -2.55. The molecule has 0 bridgehead atoms. The summed E-state index contributed by atoms with van der Waals surface area (Å²) >= 11 is 0. The molecule has 0 aliphatic heterocycles. The van der Waals surface area contributed by atoms with Crippen molar-refractivity contribution < 1.29 is 24.2 Å². The lowest BCUT2D eigenvalue weighted by atomic mass is 9.95. The summed E-state index contributed by atoms with van der Waals surface area (Å²) in [6.07, 6.45) is 0.859. The maximum Gasteiger partial charge on any atom is 0.408 e. The van der Waals surface area contributed by atoms with E-state index in [0.717, 1.165) is 23.1 Å². The molecule has 0 aromatic heterocycles. The molecule has 3 unspecified atom stereocenters. The van der Waals surface area contributed by atoms with E-state index in [1.807, 2.05) is 69.3 Å². The zero-order chi connectivity index (χ0) is 33.3. The number of carbonyl (C=O) groups excluding carboxylic acids is 3. The maximum absolute atomic E-state index is 14.8. The molecule has 8 nitrogen and oxygen atoms in total. The topological polar surface area (TPSA) is 108 Å². The van der Waals surface area contributed by atoms with Crippen LogP contribution in [0.2, 0.25) is 0 Å². The van der Waals surface area contributed by atoms with Crippen LogP contribution in [0.3, 0.4) is 0 Å². The minimum absolute atomic E-state index is 0.104. The number of phenols is 1. The summed E-state index contributed by atoms with van der Waals surface area (Å²) < 4.78 is 5.55. The van der Waals surface area contributed by atoms with Crippen LogP contribution in [0.15, 0.2) is 72.8 Å². The van der Waals surface area contributed by atoms with Crippen molar-refractivity contribution in [2.75, 3.05) is 5.32 Å². The van der Waals surface area contributed by atoms with Gasteiger partial charge in [-0.1, -0.05) is 80.6 Å². The van der Waals surface area contributed by atoms with Crippen molar-refractivity contribution in [1.29, 1.82) is 0 Å². The van der Waals surface area contributed by atoms with E-state index < -0.39 is 41.6 Å². The first kappa shape index (κ1) is 35.2. The van der Waals surface area contributed by atoms with Gasteiger partial charge in [-0.15, -0.1) is 0 Å². The average Bonchev–Trinajstić information content (AvgIpc) is 2.96. The molecular weight excluding hydrogens is 566 g/mol. The zero-order valence-electron chi connectivity index (χ0n) is 27.9. The second-order valence-corrected chi connectivity index (χ2v) is 13.2. The molecular formula is C37H49N3O5. The quantitative estimate of drug-likeness (QED) is 0.196. The molecule has 0 saturated carbocycles. The van der Waals surface area contributed by atoms with E-state index in [-0.39, 0.29) is 12.2 Å². The van der Waals surface area contributed by atoms with Gasteiger partial charge in [0, 0.05) is 23.7 Å². The molecule has 0 saturated heterocycles. The largest absolute Gasteiger partial charge is 0.508 e. The molecule has 0 aliphatic carbocycles. The summed E-state index contributed by atoms with van der Waals surface area (Å²) in [5.74, 6) is -0.663. The summed E-state index contributed by atoms with van der Waals surface area (Å²) in [6.45, 7) is 15.2. The SMILES string of the molecule is Cc1cccc(C)c1NC(=O)C(c1ccccc1O)N(C(=O)C(Cc1ccccc1)NC(=O)OC(C)(C)C)C(C)CCC(C)C. The number of alkyl carbamates (subject to hydrolysis) is 1. The summed E-state index contributed by atoms with van der Waals surface area (Å²) in [5.41, 5.74) is 2.75. The van der Waals surface area contributed by atoms with Gasteiger partial charge in [-0.25, -0.2) is 4.79 Å². The summed E-state index contributed by atoms with van der Waals surface area (Å²) in [4.78, 5) is 43.9. The first-order valence-electron chi connectivity index (χ1n) is 15.7. The fourth-order valence-corrected chi connectivity index (χ4v) is 5.33. The molecule has 45 heavy (non-hydrogen) atoms. The number of carbonyl (C=O) groups is 3. The molecule has 0 spiro atoms. The number of amides is 3. The number of benzene rings is 3. The van der Waals surface area contributed by atoms with E-state index in [0.29, 0.717) is 23.6 Å². The van der Waals surface area contributed by atoms with Crippen LogP contribution < -0.4 is 10.6 Å². The minimum atomic E-state index is -1.20. The number of nitrogens with one attached hydrogen (secondary N) is 2. The molecule has 3 atom stereocenters. The highest BCUT2D eigenvalue weighted by Crippen LogP contribution is 2.34. The first-order valence-corrected chi connectivity index (χ1v) is 15.7. The van der Waals surface area contributed by atoms with E-state index in [2.05, 4.69) is 24.5 Å².